The first-order chi connectivity index (χ1) is 7.81. The van der Waals surface area contributed by atoms with Crippen LogP contribution in [0.3, 0.4) is 0 Å². The quantitative estimate of drug-likeness (QED) is 0.873. The molecule has 2 aliphatic rings. The average Bonchev–Trinajstić information content (AvgIpc) is 2.87. The van der Waals surface area contributed by atoms with E-state index in [1.165, 1.54) is 12.8 Å². The summed E-state index contributed by atoms with van der Waals surface area (Å²) in [6, 6.07) is 0. The number of oxazole rings is 1. The van der Waals surface area contributed by atoms with Gasteiger partial charge in [-0.15, -0.1) is 0 Å². The molecule has 0 bridgehead atoms. The van der Waals surface area contributed by atoms with Crippen molar-refractivity contribution in [1.29, 1.82) is 0 Å². The van der Waals surface area contributed by atoms with Crippen LogP contribution in [0.5, 0.6) is 0 Å². The molecule has 1 aliphatic carbocycles. The van der Waals surface area contributed by atoms with E-state index in [2.05, 4.69) is 15.3 Å². The molecule has 0 radical (unpaired) electrons. The minimum Gasteiger partial charge on any atom is -0.444 e. The van der Waals surface area contributed by atoms with E-state index in [1.807, 2.05) is 18.7 Å². The third-order valence-corrected chi connectivity index (χ3v) is 4.22. The third-order valence-electron chi connectivity index (χ3n) is 2.89. The summed E-state index contributed by atoms with van der Waals surface area (Å²) in [5.74, 6) is 2.50. The minimum absolute atomic E-state index is 0.636. The predicted molar refractivity (Wildman–Crippen MR) is 64.5 cm³/mol. The van der Waals surface area contributed by atoms with Crippen LogP contribution in [-0.2, 0) is 6.54 Å². The van der Waals surface area contributed by atoms with E-state index >= 15 is 0 Å². The van der Waals surface area contributed by atoms with Gasteiger partial charge in [-0.25, -0.2) is 4.98 Å². The Balaban J connectivity index is 1.49. The fourth-order valence-electron chi connectivity index (χ4n) is 1.84. The number of nitrogens with one attached hydrogen (secondary N) is 1. The SMILES string of the molecule is Cc1cnc(CNC2=NCC(C3CC3)S2)o1. The maximum atomic E-state index is 5.39. The number of aryl methyl sites for hydroxylation is 1. The Morgan fingerprint density at radius 2 is 2.44 bits per heavy atom. The van der Waals surface area contributed by atoms with Gasteiger partial charge in [-0.2, -0.15) is 0 Å². The number of aromatic nitrogens is 1. The molecule has 0 spiro atoms. The van der Waals surface area contributed by atoms with Crippen LogP contribution >= 0.6 is 11.8 Å². The van der Waals surface area contributed by atoms with E-state index in [1.54, 1.807) is 6.20 Å². The van der Waals surface area contributed by atoms with Crippen molar-refractivity contribution in [3.05, 3.63) is 17.8 Å². The number of hydrogen-bond acceptors (Lipinski definition) is 5. The summed E-state index contributed by atoms with van der Waals surface area (Å²) in [4.78, 5) is 8.65. The van der Waals surface area contributed by atoms with Crippen molar-refractivity contribution in [2.24, 2.45) is 10.9 Å². The number of aliphatic imine (C=N–C) groups is 1. The van der Waals surface area contributed by atoms with E-state index in [9.17, 15) is 0 Å². The molecule has 0 aromatic carbocycles. The lowest BCUT2D eigenvalue weighted by atomic mass is 10.3. The topological polar surface area (TPSA) is 50.4 Å². The monoisotopic (exact) mass is 237 g/mol. The van der Waals surface area contributed by atoms with Gasteiger partial charge < -0.3 is 9.73 Å². The van der Waals surface area contributed by atoms with Gasteiger partial charge in [0.25, 0.3) is 0 Å². The summed E-state index contributed by atoms with van der Waals surface area (Å²) in [6.07, 6.45) is 4.52. The van der Waals surface area contributed by atoms with Gasteiger partial charge in [-0.3, -0.25) is 4.99 Å². The molecule has 5 heteroatoms. The second-order valence-electron chi connectivity index (χ2n) is 4.36. The highest BCUT2D eigenvalue weighted by Crippen LogP contribution is 2.41. The second kappa shape index (κ2) is 4.13. The Kier molecular flexibility index (Phi) is 2.63. The van der Waals surface area contributed by atoms with Crippen molar-refractivity contribution in [1.82, 2.24) is 10.3 Å². The highest BCUT2D eigenvalue weighted by atomic mass is 32.2. The molecule has 1 atom stereocenters. The highest BCUT2D eigenvalue weighted by Gasteiger charge is 2.35. The van der Waals surface area contributed by atoms with Gasteiger partial charge in [0.15, 0.2) is 5.17 Å². The highest BCUT2D eigenvalue weighted by molar-refractivity contribution is 8.14. The predicted octanol–water partition coefficient (Wildman–Crippen LogP) is 1.95. The summed E-state index contributed by atoms with van der Waals surface area (Å²) in [6.45, 7) is 3.51. The van der Waals surface area contributed by atoms with Crippen LogP contribution < -0.4 is 5.32 Å². The van der Waals surface area contributed by atoms with Gasteiger partial charge in [0.2, 0.25) is 5.89 Å². The number of amidine groups is 1. The van der Waals surface area contributed by atoms with Crippen LogP contribution in [0.1, 0.15) is 24.5 Å². The maximum Gasteiger partial charge on any atom is 0.213 e. The van der Waals surface area contributed by atoms with Crippen molar-refractivity contribution in [2.75, 3.05) is 6.54 Å². The zero-order valence-electron chi connectivity index (χ0n) is 9.27. The first kappa shape index (κ1) is 10.2. The molecule has 0 saturated heterocycles. The molecule has 1 N–H and O–H groups in total. The Morgan fingerprint density at radius 1 is 1.56 bits per heavy atom. The molecule has 1 aliphatic heterocycles. The van der Waals surface area contributed by atoms with Crippen molar-refractivity contribution >= 4 is 16.9 Å². The van der Waals surface area contributed by atoms with Gasteiger partial charge in [-0.1, -0.05) is 11.8 Å². The molecule has 1 saturated carbocycles. The molecule has 1 unspecified atom stereocenters. The van der Waals surface area contributed by atoms with Gasteiger partial charge >= 0.3 is 0 Å². The first-order valence-corrected chi connectivity index (χ1v) is 6.55. The Bertz CT molecular complexity index is 411. The number of rotatable bonds is 3. The molecule has 86 valence electrons. The van der Waals surface area contributed by atoms with Crippen LogP contribution in [0.25, 0.3) is 0 Å². The van der Waals surface area contributed by atoms with Crippen molar-refractivity contribution in [3.63, 3.8) is 0 Å². The lowest BCUT2D eigenvalue weighted by Crippen LogP contribution is -2.19. The zero-order valence-corrected chi connectivity index (χ0v) is 10.1. The molecule has 0 amide bonds. The van der Waals surface area contributed by atoms with Gasteiger partial charge in [0.05, 0.1) is 19.3 Å². The van der Waals surface area contributed by atoms with E-state index in [-0.39, 0.29) is 0 Å². The van der Waals surface area contributed by atoms with Crippen LogP contribution in [0.4, 0.5) is 0 Å². The Labute approximate surface area is 98.9 Å². The molecule has 2 heterocycles. The zero-order chi connectivity index (χ0) is 11.0. The summed E-state index contributed by atoms with van der Waals surface area (Å²) in [7, 11) is 0. The maximum absolute atomic E-state index is 5.39. The smallest absolute Gasteiger partial charge is 0.213 e. The lowest BCUT2D eigenvalue weighted by Gasteiger charge is -2.05. The fourth-order valence-corrected chi connectivity index (χ4v) is 3.04. The lowest BCUT2D eigenvalue weighted by molar-refractivity contribution is 0.466. The average molecular weight is 237 g/mol. The van der Waals surface area contributed by atoms with Gasteiger partial charge in [-0.05, 0) is 25.7 Å². The van der Waals surface area contributed by atoms with E-state index < -0.39 is 0 Å². The van der Waals surface area contributed by atoms with Crippen molar-refractivity contribution in [3.8, 4) is 0 Å². The number of thioether (sulfide) groups is 1. The number of nitrogens with zero attached hydrogens (tertiary/aromatic N) is 2. The summed E-state index contributed by atoms with van der Waals surface area (Å²) in [5.41, 5.74) is 0. The van der Waals surface area contributed by atoms with Crippen molar-refractivity contribution < 1.29 is 4.42 Å². The molecule has 16 heavy (non-hydrogen) atoms. The summed E-state index contributed by atoms with van der Waals surface area (Å²) in [5, 5.41) is 5.05. The van der Waals surface area contributed by atoms with Gasteiger partial charge in [0.1, 0.15) is 5.76 Å². The third kappa shape index (κ3) is 2.24. The number of hydrogen-bond donors (Lipinski definition) is 1. The van der Waals surface area contributed by atoms with Crippen LogP contribution in [0.15, 0.2) is 15.6 Å². The van der Waals surface area contributed by atoms with E-state index in [0.29, 0.717) is 11.8 Å². The van der Waals surface area contributed by atoms with Crippen LogP contribution in [0.2, 0.25) is 0 Å². The van der Waals surface area contributed by atoms with Crippen LogP contribution in [0, 0.1) is 12.8 Å². The van der Waals surface area contributed by atoms with Gasteiger partial charge in [0, 0.05) is 5.25 Å². The molecular formula is C11H15N3OS. The largest absolute Gasteiger partial charge is 0.444 e. The molecule has 1 aromatic heterocycles. The minimum atomic E-state index is 0.636. The molecule has 4 nitrogen and oxygen atoms in total. The van der Waals surface area contributed by atoms with E-state index in [0.717, 1.165) is 29.3 Å². The molecule has 3 rings (SSSR count). The Morgan fingerprint density at radius 3 is 3.12 bits per heavy atom. The summed E-state index contributed by atoms with van der Waals surface area (Å²) < 4.78 is 5.39. The first-order valence-electron chi connectivity index (χ1n) is 5.67. The standard InChI is InChI=1S/C11H15N3OS/c1-7-4-12-10(15-7)6-14-11-13-5-9(16-11)8-2-3-8/h4,8-9H,2-3,5-6H2,1H3,(H,13,14). The molecule has 1 fully saturated rings. The van der Waals surface area contributed by atoms with E-state index in [4.69, 9.17) is 4.42 Å². The normalized spacial score (nSPS) is 24.6. The molecular weight excluding hydrogens is 222 g/mol. The summed E-state index contributed by atoms with van der Waals surface area (Å²) >= 11 is 1.88. The van der Waals surface area contributed by atoms with Crippen LogP contribution in [-0.4, -0.2) is 21.9 Å². The Hall–Kier alpha value is -0.970. The molecule has 1 aromatic rings. The second-order valence-corrected chi connectivity index (χ2v) is 5.59. The fraction of sp³-hybridized carbons (Fsp3) is 0.636. The van der Waals surface area contributed by atoms with Crippen molar-refractivity contribution in [2.45, 2.75) is 31.6 Å².